The zero-order valence-corrected chi connectivity index (χ0v) is 21.3. The highest BCUT2D eigenvalue weighted by molar-refractivity contribution is 5.93. The Balaban J connectivity index is 5.54. The fourth-order valence-corrected chi connectivity index (χ4v) is 3.10. The van der Waals surface area contributed by atoms with Gasteiger partial charge in [0.25, 0.3) is 0 Å². The van der Waals surface area contributed by atoms with E-state index >= 15 is 0 Å². The fourth-order valence-electron chi connectivity index (χ4n) is 3.10. The minimum Gasteiger partial charge on any atom is -0.480 e. The van der Waals surface area contributed by atoms with E-state index in [4.69, 9.17) is 40.1 Å². The second-order valence-corrected chi connectivity index (χ2v) is 8.13. The number of aliphatic carboxylic acids is 1. The molecule has 0 heterocycles. The van der Waals surface area contributed by atoms with Crippen LogP contribution in [0, 0.1) is 0 Å². The first-order valence-corrected chi connectivity index (χ1v) is 11.9. The van der Waals surface area contributed by atoms with Crippen molar-refractivity contribution in [3.8, 4) is 0 Å². The van der Waals surface area contributed by atoms with E-state index in [1.165, 1.54) is 0 Å². The predicted molar refractivity (Wildman–Crippen MR) is 142 cm³/mol. The number of hydrogen-bond donors (Lipinski definition) is 11. The van der Waals surface area contributed by atoms with Crippen LogP contribution in [0.25, 0.3) is 0 Å². The van der Waals surface area contributed by atoms with Crippen molar-refractivity contribution < 1.29 is 24.3 Å². The summed E-state index contributed by atoms with van der Waals surface area (Å²) in [5.74, 6) is -3.71. The van der Waals surface area contributed by atoms with Crippen molar-refractivity contribution in [2.45, 2.75) is 56.7 Å². The molecule has 0 saturated heterocycles. The lowest BCUT2D eigenvalue weighted by atomic mass is 10.1. The molecular weight excluding hydrogens is 502 g/mol. The first-order chi connectivity index (χ1) is 17.9. The van der Waals surface area contributed by atoms with Crippen molar-refractivity contribution in [3.63, 3.8) is 0 Å². The standard InChI is InChI=1S/C20H41N13O5/c21-10-14(34)31-11(4-1-7-28-18(22)23)15(35)32-12(5-2-8-29-19(24)25)16(36)33-13(17(37)38)6-3-9-30-20(26)27/h11-13H,1-10,21H2,(H,31,34)(H,32,35)(H,33,36)(H,37,38)(H4,22,23,28)(H4,24,25,29)(H4,26,27,30)/t11-,12-,13-/m0/s1. The van der Waals surface area contributed by atoms with Crippen molar-refractivity contribution in [1.29, 1.82) is 0 Å². The Morgan fingerprint density at radius 3 is 1.29 bits per heavy atom. The Hall–Kier alpha value is -4.35. The number of carbonyl (C=O) groups is 4. The predicted octanol–water partition coefficient (Wildman–Crippen LogP) is -5.36. The van der Waals surface area contributed by atoms with E-state index in [-0.39, 0.29) is 76.2 Å². The number of carboxylic acids is 1. The smallest absolute Gasteiger partial charge is 0.326 e. The lowest BCUT2D eigenvalue weighted by Crippen LogP contribution is -2.56. The maximum atomic E-state index is 13.0. The van der Waals surface area contributed by atoms with Crippen LogP contribution in [0.2, 0.25) is 0 Å². The first-order valence-electron chi connectivity index (χ1n) is 11.9. The minimum absolute atomic E-state index is 0.0342. The number of carbonyl (C=O) groups excluding carboxylic acids is 3. The summed E-state index contributed by atoms with van der Waals surface area (Å²) in [6.07, 6.45) is 1.13. The molecule has 38 heavy (non-hydrogen) atoms. The van der Waals surface area contributed by atoms with E-state index in [2.05, 4.69) is 30.9 Å². The summed E-state index contributed by atoms with van der Waals surface area (Å²) in [4.78, 5) is 61.0. The summed E-state index contributed by atoms with van der Waals surface area (Å²) in [6, 6.07) is -3.48. The third-order valence-corrected chi connectivity index (χ3v) is 4.92. The molecule has 0 aromatic heterocycles. The third kappa shape index (κ3) is 16.3. The number of nitrogens with two attached hydrogens (primary N) is 7. The summed E-state index contributed by atoms with van der Waals surface area (Å²) < 4.78 is 0. The van der Waals surface area contributed by atoms with Crippen molar-refractivity contribution in [2.24, 2.45) is 55.1 Å². The Bertz CT molecular complexity index is 865. The second kappa shape index (κ2) is 18.9. The second-order valence-electron chi connectivity index (χ2n) is 8.13. The molecule has 0 aliphatic carbocycles. The van der Waals surface area contributed by atoms with Gasteiger partial charge in [0.2, 0.25) is 17.7 Å². The third-order valence-electron chi connectivity index (χ3n) is 4.92. The number of nitrogens with zero attached hydrogens (tertiary/aromatic N) is 3. The maximum Gasteiger partial charge on any atom is 0.326 e. The molecule has 3 atom stereocenters. The number of amides is 3. The molecule has 0 unspecified atom stereocenters. The number of rotatable bonds is 19. The van der Waals surface area contributed by atoms with Gasteiger partial charge < -0.3 is 61.2 Å². The molecule has 0 aliphatic heterocycles. The van der Waals surface area contributed by atoms with Crippen LogP contribution >= 0.6 is 0 Å². The molecule has 0 rings (SSSR count). The van der Waals surface area contributed by atoms with E-state index in [1.807, 2.05) is 0 Å². The normalized spacial score (nSPS) is 12.7. The van der Waals surface area contributed by atoms with Gasteiger partial charge in [-0.15, -0.1) is 0 Å². The van der Waals surface area contributed by atoms with E-state index in [0.717, 1.165) is 0 Å². The summed E-state index contributed by atoms with van der Waals surface area (Å²) in [5.41, 5.74) is 37.1. The Morgan fingerprint density at radius 2 is 0.947 bits per heavy atom. The molecule has 0 saturated carbocycles. The summed E-state index contributed by atoms with van der Waals surface area (Å²) in [7, 11) is 0. The van der Waals surface area contributed by atoms with Gasteiger partial charge >= 0.3 is 5.97 Å². The van der Waals surface area contributed by atoms with E-state index < -0.39 is 41.8 Å². The van der Waals surface area contributed by atoms with Crippen LogP contribution in [-0.4, -0.2) is 91.0 Å². The lowest BCUT2D eigenvalue weighted by molar-refractivity contribution is -0.142. The Kier molecular flexibility index (Phi) is 16.7. The summed E-state index contributed by atoms with van der Waals surface area (Å²) in [6.45, 7) is 0.172. The number of guanidine groups is 3. The monoisotopic (exact) mass is 543 g/mol. The Labute approximate surface area is 220 Å². The van der Waals surface area contributed by atoms with E-state index in [0.29, 0.717) is 6.42 Å². The molecule has 18 nitrogen and oxygen atoms in total. The molecule has 0 fully saturated rings. The van der Waals surface area contributed by atoms with Crippen molar-refractivity contribution in [2.75, 3.05) is 26.2 Å². The van der Waals surface area contributed by atoms with Gasteiger partial charge in [-0.05, 0) is 38.5 Å². The summed E-state index contributed by atoms with van der Waals surface area (Å²) >= 11 is 0. The van der Waals surface area contributed by atoms with Crippen molar-refractivity contribution >= 4 is 41.6 Å². The number of hydrogen-bond acceptors (Lipinski definition) is 8. The molecule has 0 bridgehead atoms. The highest BCUT2D eigenvalue weighted by Crippen LogP contribution is 2.06. The van der Waals surface area contributed by atoms with Crippen LogP contribution in [0.3, 0.4) is 0 Å². The molecule has 0 aromatic rings. The average molecular weight is 544 g/mol. The molecule has 0 radical (unpaired) electrons. The first kappa shape index (κ1) is 33.7. The zero-order chi connectivity index (χ0) is 29.1. The molecule has 18 N–H and O–H groups in total. The molecule has 18 heteroatoms. The molecule has 0 spiro atoms. The van der Waals surface area contributed by atoms with Crippen LogP contribution in [0.1, 0.15) is 38.5 Å². The topological polar surface area (TPSA) is 344 Å². The highest BCUT2D eigenvalue weighted by Gasteiger charge is 2.29. The van der Waals surface area contributed by atoms with Gasteiger partial charge in [-0.25, -0.2) is 4.79 Å². The quantitative estimate of drug-likeness (QED) is 0.0413. The average Bonchev–Trinajstić information content (AvgIpc) is 2.83. The van der Waals surface area contributed by atoms with Gasteiger partial charge in [-0.3, -0.25) is 29.4 Å². The molecule has 3 amide bonds. The number of carboxylic acid groups (broad SMARTS) is 1. The van der Waals surface area contributed by atoms with Gasteiger partial charge in [0, 0.05) is 19.6 Å². The maximum absolute atomic E-state index is 13.0. The minimum atomic E-state index is -1.28. The summed E-state index contributed by atoms with van der Waals surface area (Å²) in [5, 5.41) is 17.0. The molecule has 216 valence electrons. The van der Waals surface area contributed by atoms with Crippen molar-refractivity contribution in [3.05, 3.63) is 0 Å². The highest BCUT2D eigenvalue weighted by atomic mass is 16.4. The van der Waals surface area contributed by atoms with Gasteiger partial charge in [0.15, 0.2) is 17.9 Å². The van der Waals surface area contributed by atoms with E-state index in [9.17, 15) is 24.3 Å². The zero-order valence-electron chi connectivity index (χ0n) is 21.3. The van der Waals surface area contributed by atoms with Gasteiger partial charge in [-0.1, -0.05) is 0 Å². The van der Waals surface area contributed by atoms with Gasteiger partial charge in [-0.2, -0.15) is 0 Å². The fraction of sp³-hybridized carbons (Fsp3) is 0.650. The Morgan fingerprint density at radius 1 is 0.605 bits per heavy atom. The number of aliphatic imine (C=N–C) groups is 3. The van der Waals surface area contributed by atoms with Gasteiger partial charge in [0.1, 0.15) is 18.1 Å². The largest absolute Gasteiger partial charge is 0.480 e. The van der Waals surface area contributed by atoms with Crippen LogP contribution in [0.4, 0.5) is 0 Å². The van der Waals surface area contributed by atoms with E-state index in [1.54, 1.807) is 0 Å². The molecule has 0 aromatic carbocycles. The van der Waals surface area contributed by atoms with Crippen LogP contribution in [0.5, 0.6) is 0 Å². The van der Waals surface area contributed by atoms with Crippen LogP contribution < -0.4 is 56.1 Å². The van der Waals surface area contributed by atoms with Gasteiger partial charge in [0.05, 0.1) is 6.54 Å². The van der Waals surface area contributed by atoms with Crippen LogP contribution in [-0.2, 0) is 19.2 Å². The van der Waals surface area contributed by atoms with Crippen molar-refractivity contribution in [1.82, 2.24) is 16.0 Å². The SMILES string of the molecule is NCC(=O)N[C@@H](CCCN=C(N)N)C(=O)N[C@@H](CCCN=C(N)N)C(=O)N[C@@H](CCCN=C(N)N)C(=O)O. The molecular formula is C20H41N13O5. The molecule has 0 aliphatic rings. The van der Waals surface area contributed by atoms with Crippen LogP contribution in [0.15, 0.2) is 15.0 Å². The lowest BCUT2D eigenvalue weighted by Gasteiger charge is -2.24. The number of nitrogens with one attached hydrogen (secondary N) is 3.